The van der Waals surface area contributed by atoms with Crippen LogP contribution in [0.3, 0.4) is 0 Å². The van der Waals surface area contributed by atoms with Crippen LogP contribution in [0.15, 0.2) is 48.6 Å². The van der Waals surface area contributed by atoms with Gasteiger partial charge >= 0.3 is 18.1 Å². The zero-order valence-electron chi connectivity index (χ0n) is 14.1. The molecule has 0 saturated carbocycles. The van der Waals surface area contributed by atoms with Gasteiger partial charge < -0.3 is 15.7 Å². The van der Waals surface area contributed by atoms with Gasteiger partial charge in [0.2, 0.25) is 5.91 Å². The highest BCUT2D eigenvalue weighted by Gasteiger charge is 2.38. The number of aliphatic carboxylic acids is 1. The van der Waals surface area contributed by atoms with Crippen molar-refractivity contribution in [2.24, 2.45) is 0 Å². The van der Waals surface area contributed by atoms with Gasteiger partial charge in [0.05, 0.1) is 0 Å². The summed E-state index contributed by atoms with van der Waals surface area (Å²) in [6, 6.07) is 9.60. The summed E-state index contributed by atoms with van der Waals surface area (Å²) in [6.45, 7) is 0. The average Bonchev–Trinajstić information content (AvgIpc) is 2.95. The number of benzene rings is 2. The monoisotopic (exact) mass is 390 g/mol. The number of hydrogen-bond acceptors (Lipinski definition) is 3. The molecule has 0 bridgehead atoms. The quantitative estimate of drug-likeness (QED) is 0.596. The molecular formula is C19H13F3N2O4. The van der Waals surface area contributed by atoms with E-state index in [9.17, 15) is 27.6 Å². The topological polar surface area (TPSA) is 95.5 Å². The van der Waals surface area contributed by atoms with Crippen LogP contribution >= 0.6 is 0 Å². The molecule has 28 heavy (non-hydrogen) atoms. The largest absolute Gasteiger partial charge is 0.478 e. The van der Waals surface area contributed by atoms with Crippen LogP contribution in [0.5, 0.6) is 0 Å². The first kappa shape index (κ1) is 19.2. The molecule has 1 aliphatic carbocycles. The minimum Gasteiger partial charge on any atom is -0.478 e. The molecular weight excluding hydrogens is 377 g/mol. The lowest BCUT2D eigenvalue weighted by Gasteiger charge is -2.09. The van der Waals surface area contributed by atoms with E-state index >= 15 is 0 Å². The molecule has 2 aromatic carbocycles. The standard InChI is InChI=1S/C19H13F3N2O4/c20-19(21,22)18(28)24-13-2-4-15-11(9-13)7-10-8-12(1-3-14(10)15)23-16(25)5-6-17(26)27/h1-6,8-9H,7H2,(H,23,25)(H,24,28)(H,26,27). The lowest BCUT2D eigenvalue weighted by atomic mass is 10.0. The van der Waals surface area contributed by atoms with Gasteiger partial charge in [0.15, 0.2) is 0 Å². The maximum atomic E-state index is 12.4. The van der Waals surface area contributed by atoms with Crippen LogP contribution in [0.4, 0.5) is 24.5 Å². The van der Waals surface area contributed by atoms with E-state index in [1.54, 1.807) is 24.3 Å². The first-order chi connectivity index (χ1) is 13.1. The lowest BCUT2D eigenvalue weighted by molar-refractivity contribution is -0.167. The first-order valence-corrected chi connectivity index (χ1v) is 8.00. The smallest absolute Gasteiger partial charge is 0.471 e. The van der Waals surface area contributed by atoms with Crippen LogP contribution in [0.2, 0.25) is 0 Å². The van der Waals surface area contributed by atoms with Crippen molar-refractivity contribution in [3.63, 3.8) is 0 Å². The second-order valence-electron chi connectivity index (χ2n) is 6.03. The summed E-state index contributed by atoms with van der Waals surface area (Å²) >= 11 is 0. The molecule has 0 atom stereocenters. The third-order valence-electron chi connectivity index (χ3n) is 4.04. The van der Waals surface area contributed by atoms with E-state index in [1.807, 2.05) is 5.32 Å². The van der Waals surface area contributed by atoms with Crippen LogP contribution in [0.25, 0.3) is 11.1 Å². The number of anilines is 2. The Labute approximate surface area is 156 Å². The Morgan fingerprint density at radius 1 is 0.893 bits per heavy atom. The predicted octanol–water partition coefficient (Wildman–Crippen LogP) is 3.34. The fourth-order valence-corrected chi connectivity index (χ4v) is 2.90. The summed E-state index contributed by atoms with van der Waals surface area (Å²) < 4.78 is 37.2. The summed E-state index contributed by atoms with van der Waals surface area (Å²) in [7, 11) is 0. The van der Waals surface area contributed by atoms with Crippen molar-refractivity contribution in [3.05, 3.63) is 59.7 Å². The number of carbonyl (C=O) groups is 3. The predicted molar refractivity (Wildman–Crippen MR) is 94.8 cm³/mol. The van der Waals surface area contributed by atoms with E-state index in [4.69, 9.17) is 5.11 Å². The van der Waals surface area contributed by atoms with E-state index in [0.29, 0.717) is 12.1 Å². The molecule has 0 saturated heterocycles. The fourth-order valence-electron chi connectivity index (χ4n) is 2.90. The van der Waals surface area contributed by atoms with Gasteiger partial charge in [-0.15, -0.1) is 0 Å². The molecule has 0 radical (unpaired) electrons. The molecule has 0 aromatic heterocycles. The van der Waals surface area contributed by atoms with Crippen LogP contribution in [0, 0.1) is 0 Å². The van der Waals surface area contributed by atoms with Crippen LogP contribution in [-0.4, -0.2) is 29.1 Å². The number of halogens is 3. The number of nitrogens with one attached hydrogen (secondary N) is 2. The molecule has 0 aliphatic heterocycles. The third kappa shape index (κ3) is 4.20. The maximum absolute atomic E-state index is 12.4. The number of carboxylic acids is 1. The Hall–Kier alpha value is -3.62. The Kier molecular flexibility index (Phi) is 4.91. The Morgan fingerprint density at radius 2 is 1.43 bits per heavy atom. The van der Waals surface area contributed by atoms with Gasteiger partial charge in [-0.05, 0) is 52.9 Å². The molecule has 3 rings (SSSR count). The Morgan fingerprint density at radius 3 is 1.93 bits per heavy atom. The van der Waals surface area contributed by atoms with E-state index in [-0.39, 0.29) is 5.69 Å². The van der Waals surface area contributed by atoms with E-state index in [2.05, 4.69) is 5.32 Å². The molecule has 2 aromatic rings. The van der Waals surface area contributed by atoms with Crippen molar-refractivity contribution in [1.82, 2.24) is 0 Å². The number of amides is 2. The van der Waals surface area contributed by atoms with Crippen molar-refractivity contribution in [1.29, 1.82) is 0 Å². The van der Waals surface area contributed by atoms with Crippen LogP contribution in [0.1, 0.15) is 11.1 Å². The summed E-state index contributed by atoms with van der Waals surface area (Å²) in [5.41, 5.74) is 3.77. The lowest BCUT2D eigenvalue weighted by Crippen LogP contribution is -2.29. The van der Waals surface area contributed by atoms with Crippen molar-refractivity contribution in [2.75, 3.05) is 10.6 Å². The van der Waals surface area contributed by atoms with E-state index in [1.165, 1.54) is 12.1 Å². The van der Waals surface area contributed by atoms with E-state index in [0.717, 1.165) is 34.4 Å². The highest BCUT2D eigenvalue weighted by atomic mass is 19.4. The molecule has 6 nitrogen and oxygen atoms in total. The SMILES string of the molecule is O=C(O)C=CC(=O)Nc1ccc2c(c1)Cc1cc(NC(=O)C(F)(F)F)ccc1-2. The molecule has 0 fully saturated rings. The minimum atomic E-state index is -4.97. The summed E-state index contributed by atoms with van der Waals surface area (Å²) in [6.07, 6.45) is -2.95. The van der Waals surface area contributed by atoms with Crippen molar-refractivity contribution < 1.29 is 32.7 Å². The van der Waals surface area contributed by atoms with Gasteiger partial charge in [-0.1, -0.05) is 12.1 Å². The van der Waals surface area contributed by atoms with Gasteiger partial charge in [0.1, 0.15) is 0 Å². The van der Waals surface area contributed by atoms with Crippen molar-refractivity contribution >= 4 is 29.2 Å². The highest BCUT2D eigenvalue weighted by molar-refractivity contribution is 6.02. The molecule has 0 unspecified atom stereocenters. The van der Waals surface area contributed by atoms with Gasteiger partial charge in [-0.3, -0.25) is 9.59 Å². The van der Waals surface area contributed by atoms with Crippen molar-refractivity contribution in [2.45, 2.75) is 12.6 Å². The van der Waals surface area contributed by atoms with Crippen LogP contribution < -0.4 is 10.6 Å². The normalized spacial score (nSPS) is 12.4. The number of carbonyl (C=O) groups excluding carboxylic acids is 2. The Bertz CT molecular complexity index is 1010. The van der Waals surface area contributed by atoms with Crippen molar-refractivity contribution in [3.8, 4) is 11.1 Å². The Balaban J connectivity index is 1.77. The number of hydrogen-bond donors (Lipinski definition) is 3. The average molecular weight is 390 g/mol. The molecule has 0 spiro atoms. The van der Waals surface area contributed by atoms with Gasteiger partial charge in [-0.2, -0.15) is 13.2 Å². The number of fused-ring (bicyclic) bond motifs is 3. The molecule has 144 valence electrons. The molecule has 0 heterocycles. The second-order valence-corrected chi connectivity index (χ2v) is 6.03. The summed E-state index contributed by atoms with van der Waals surface area (Å²) in [5, 5.41) is 12.9. The third-order valence-corrected chi connectivity index (χ3v) is 4.04. The summed E-state index contributed by atoms with van der Waals surface area (Å²) in [5.74, 6) is -3.88. The molecule has 3 N–H and O–H groups in total. The molecule has 2 amide bonds. The second kappa shape index (κ2) is 7.18. The van der Waals surface area contributed by atoms with Gasteiger partial charge in [0.25, 0.3) is 0 Å². The zero-order chi connectivity index (χ0) is 20.5. The minimum absolute atomic E-state index is 0.0428. The molecule has 1 aliphatic rings. The number of alkyl halides is 3. The van der Waals surface area contributed by atoms with Crippen LogP contribution in [-0.2, 0) is 20.8 Å². The van der Waals surface area contributed by atoms with E-state index < -0.39 is 24.0 Å². The maximum Gasteiger partial charge on any atom is 0.471 e. The van der Waals surface area contributed by atoms with Gasteiger partial charge in [0, 0.05) is 23.5 Å². The number of rotatable bonds is 4. The number of carboxylic acid groups (broad SMARTS) is 1. The summed E-state index contributed by atoms with van der Waals surface area (Å²) in [4.78, 5) is 33.2. The molecule has 9 heteroatoms. The first-order valence-electron chi connectivity index (χ1n) is 8.00. The zero-order valence-corrected chi connectivity index (χ0v) is 14.1. The highest BCUT2D eigenvalue weighted by Crippen LogP contribution is 2.39. The fraction of sp³-hybridized carbons (Fsp3) is 0.105. The van der Waals surface area contributed by atoms with Gasteiger partial charge in [-0.25, -0.2) is 4.79 Å².